The molecule has 0 aliphatic carbocycles. The number of ether oxygens (including phenoxy) is 1. The fourth-order valence-electron chi connectivity index (χ4n) is 1.10. The number of hydrogen-bond acceptors (Lipinski definition) is 4. The summed E-state index contributed by atoms with van der Waals surface area (Å²) in [4.78, 5) is 15.2. The normalized spacial score (nSPS) is 11.5. The number of rotatable bonds is 2. The third kappa shape index (κ3) is 1.88. The first-order valence-electron chi connectivity index (χ1n) is 4.13. The van der Waals surface area contributed by atoms with Crippen LogP contribution in [0.15, 0.2) is 18.3 Å². The molecule has 1 heterocycles. The molecule has 72 valence electrons. The molecule has 0 amide bonds. The summed E-state index contributed by atoms with van der Waals surface area (Å²) in [5, 5.41) is 8.74. The first-order chi connectivity index (χ1) is 6.70. The van der Waals surface area contributed by atoms with Crippen LogP contribution in [-0.4, -0.2) is 18.1 Å². The van der Waals surface area contributed by atoms with E-state index in [4.69, 9.17) is 5.26 Å². The summed E-state index contributed by atoms with van der Waals surface area (Å²) in [6.45, 7) is 1.71. The molecule has 0 aliphatic rings. The number of aromatic nitrogens is 1. The molecule has 0 radical (unpaired) electrons. The molecule has 0 aliphatic heterocycles. The van der Waals surface area contributed by atoms with Gasteiger partial charge in [0.05, 0.1) is 19.1 Å². The van der Waals surface area contributed by atoms with Gasteiger partial charge in [0, 0.05) is 11.8 Å². The van der Waals surface area contributed by atoms with Crippen molar-refractivity contribution in [3.8, 4) is 6.07 Å². The summed E-state index contributed by atoms with van der Waals surface area (Å²) in [5.41, 5.74) is 0.811. The van der Waals surface area contributed by atoms with E-state index >= 15 is 0 Å². The van der Waals surface area contributed by atoms with Gasteiger partial charge >= 0.3 is 5.97 Å². The molecular formula is C10H10N2O2. The number of nitrogens with zero attached hydrogens (tertiary/aromatic N) is 2. The van der Waals surface area contributed by atoms with Crippen LogP contribution in [0.5, 0.6) is 0 Å². The largest absolute Gasteiger partial charge is 0.464 e. The highest BCUT2D eigenvalue weighted by Crippen LogP contribution is 2.17. The lowest BCUT2D eigenvalue weighted by Gasteiger charge is -2.06. The number of carbonyl (C=O) groups excluding carboxylic acids is 1. The van der Waals surface area contributed by atoms with Gasteiger partial charge in [0.1, 0.15) is 0 Å². The molecule has 0 bridgehead atoms. The molecule has 1 atom stereocenters. The first-order valence-corrected chi connectivity index (χ1v) is 4.13. The van der Waals surface area contributed by atoms with E-state index in [0.717, 1.165) is 0 Å². The number of carbonyl (C=O) groups is 1. The zero-order valence-electron chi connectivity index (χ0n) is 8.02. The number of pyridine rings is 1. The molecular weight excluding hydrogens is 180 g/mol. The van der Waals surface area contributed by atoms with E-state index in [1.165, 1.54) is 13.3 Å². The van der Waals surface area contributed by atoms with Gasteiger partial charge in [-0.2, -0.15) is 5.26 Å². The minimum atomic E-state index is -0.511. The lowest BCUT2D eigenvalue weighted by molar-refractivity contribution is 0.0592. The van der Waals surface area contributed by atoms with E-state index in [0.29, 0.717) is 5.56 Å². The Kier molecular flexibility index (Phi) is 3.19. The molecule has 1 rings (SSSR count). The molecule has 0 fully saturated rings. The number of hydrogen-bond donors (Lipinski definition) is 0. The number of nitriles is 1. The van der Waals surface area contributed by atoms with Crippen molar-refractivity contribution in [3.05, 3.63) is 29.6 Å². The van der Waals surface area contributed by atoms with Crippen molar-refractivity contribution in [3.63, 3.8) is 0 Å². The van der Waals surface area contributed by atoms with Gasteiger partial charge in [0.15, 0.2) is 5.69 Å². The summed E-state index contributed by atoms with van der Waals surface area (Å²) in [6.07, 6.45) is 1.50. The second kappa shape index (κ2) is 4.38. The Balaban J connectivity index is 3.17. The highest BCUT2D eigenvalue weighted by molar-refractivity contribution is 5.89. The lowest BCUT2D eigenvalue weighted by Crippen LogP contribution is -2.09. The van der Waals surface area contributed by atoms with E-state index in [1.54, 1.807) is 19.1 Å². The molecule has 0 saturated carbocycles. The molecule has 14 heavy (non-hydrogen) atoms. The fraction of sp³-hybridized carbons (Fsp3) is 0.300. The summed E-state index contributed by atoms with van der Waals surface area (Å²) >= 11 is 0. The van der Waals surface area contributed by atoms with E-state index in [-0.39, 0.29) is 11.6 Å². The maximum atomic E-state index is 11.3. The molecule has 0 N–H and O–H groups in total. The molecule has 0 spiro atoms. The van der Waals surface area contributed by atoms with E-state index in [1.807, 2.05) is 0 Å². The smallest absolute Gasteiger partial charge is 0.356 e. The van der Waals surface area contributed by atoms with Crippen LogP contribution < -0.4 is 0 Å². The standard InChI is InChI=1S/C10H10N2O2/c1-7(6-11)8-4-3-5-12-9(8)10(13)14-2/h3-5,7H,1-2H3. The van der Waals surface area contributed by atoms with Gasteiger partial charge < -0.3 is 4.74 Å². The Labute approximate surface area is 82.1 Å². The van der Waals surface area contributed by atoms with Crippen LogP contribution in [-0.2, 0) is 4.74 Å². The monoisotopic (exact) mass is 190 g/mol. The number of methoxy groups -OCH3 is 1. The van der Waals surface area contributed by atoms with Crippen molar-refractivity contribution in [1.29, 1.82) is 5.26 Å². The van der Waals surface area contributed by atoms with Crippen LogP contribution >= 0.6 is 0 Å². The van der Waals surface area contributed by atoms with Crippen LogP contribution in [0.3, 0.4) is 0 Å². The van der Waals surface area contributed by atoms with Crippen LogP contribution in [0.4, 0.5) is 0 Å². The predicted molar refractivity (Wildman–Crippen MR) is 49.6 cm³/mol. The topological polar surface area (TPSA) is 63.0 Å². The van der Waals surface area contributed by atoms with Crippen LogP contribution in [0, 0.1) is 11.3 Å². The van der Waals surface area contributed by atoms with Crippen molar-refractivity contribution < 1.29 is 9.53 Å². The van der Waals surface area contributed by atoms with Gasteiger partial charge in [-0.3, -0.25) is 0 Å². The molecule has 1 aromatic rings. The van der Waals surface area contributed by atoms with Crippen molar-refractivity contribution in [2.75, 3.05) is 7.11 Å². The van der Waals surface area contributed by atoms with E-state index < -0.39 is 5.97 Å². The van der Waals surface area contributed by atoms with Crippen molar-refractivity contribution >= 4 is 5.97 Å². The average Bonchev–Trinajstić information content (AvgIpc) is 2.27. The minimum absolute atomic E-state index is 0.212. The summed E-state index contributed by atoms with van der Waals surface area (Å²) in [6, 6.07) is 5.44. The maximum Gasteiger partial charge on any atom is 0.356 e. The zero-order chi connectivity index (χ0) is 10.6. The fourth-order valence-corrected chi connectivity index (χ4v) is 1.10. The van der Waals surface area contributed by atoms with Gasteiger partial charge in [0.2, 0.25) is 0 Å². The Bertz CT molecular complexity index is 382. The highest BCUT2D eigenvalue weighted by Gasteiger charge is 2.16. The summed E-state index contributed by atoms with van der Waals surface area (Å²) in [5.74, 6) is -0.875. The first kappa shape index (κ1) is 10.2. The van der Waals surface area contributed by atoms with E-state index in [9.17, 15) is 4.79 Å². The van der Waals surface area contributed by atoms with Crippen molar-refractivity contribution in [2.45, 2.75) is 12.8 Å². The molecule has 0 saturated heterocycles. The third-order valence-corrected chi connectivity index (χ3v) is 1.88. The third-order valence-electron chi connectivity index (χ3n) is 1.88. The van der Waals surface area contributed by atoms with Gasteiger partial charge in [-0.1, -0.05) is 6.07 Å². The number of esters is 1. The van der Waals surface area contributed by atoms with Crippen LogP contribution in [0.1, 0.15) is 28.9 Å². The summed E-state index contributed by atoms with van der Waals surface area (Å²) < 4.78 is 4.56. The predicted octanol–water partition coefficient (Wildman–Crippen LogP) is 1.50. The average molecular weight is 190 g/mol. The van der Waals surface area contributed by atoms with Crippen molar-refractivity contribution in [2.24, 2.45) is 0 Å². The van der Waals surface area contributed by atoms with Gasteiger partial charge in [0.25, 0.3) is 0 Å². The molecule has 1 aromatic heterocycles. The van der Waals surface area contributed by atoms with Crippen LogP contribution in [0.2, 0.25) is 0 Å². The molecule has 4 nitrogen and oxygen atoms in total. The maximum absolute atomic E-state index is 11.3. The van der Waals surface area contributed by atoms with Gasteiger partial charge in [-0.05, 0) is 13.0 Å². The zero-order valence-corrected chi connectivity index (χ0v) is 8.02. The molecule has 0 aromatic carbocycles. The van der Waals surface area contributed by atoms with Gasteiger partial charge in [-0.25, -0.2) is 9.78 Å². The quantitative estimate of drug-likeness (QED) is 0.663. The van der Waals surface area contributed by atoms with Crippen molar-refractivity contribution in [1.82, 2.24) is 4.98 Å². The lowest BCUT2D eigenvalue weighted by atomic mass is 10.0. The second-order valence-electron chi connectivity index (χ2n) is 2.78. The van der Waals surface area contributed by atoms with E-state index in [2.05, 4.69) is 15.8 Å². The summed E-state index contributed by atoms with van der Waals surface area (Å²) in [7, 11) is 1.29. The SMILES string of the molecule is COC(=O)c1ncccc1C(C)C#N. The van der Waals surface area contributed by atoms with Gasteiger partial charge in [-0.15, -0.1) is 0 Å². The minimum Gasteiger partial charge on any atom is -0.464 e. The Morgan fingerprint density at radius 2 is 2.43 bits per heavy atom. The Hall–Kier alpha value is -1.89. The highest BCUT2D eigenvalue weighted by atomic mass is 16.5. The Morgan fingerprint density at radius 3 is 3.00 bits per heavy atom. The second-order valence-corrected chi connectivity index (χ2v) is 2.78. The van der Waals surface area contributed by atoms with Crippen LogP contribution in [0.25, 0.3) is 0 Å². The Morgan fingerprint density at radius 1 is 1.71 bits per heavy atom. The molecule has 1 unspecified atom stereocenters. The molecule has 4 heteroatoms.